The van der Waals surface area contributed by atoms with Gasteiger partial charge < -0.3 is 5.32 Å². The monoisotopic (exact) mass is 273 g/mol. The van der Waals surface area contributed by atoms with E-state index < -0.39 is 0 Å². The molecule has 0 radical (unpaired) electrons. The van der Waals surface area contributed by atoms with Gasteiger partial charge in [0.05, 0.1) is 0 Å². The molecule has 1 aliphatic rings. The molecule has 1 aromatic carbocycles. The molecular formula is C19H31N. The summed E-state index contributed by atoms with van der Waals surface area (Å²) in [5.41, 5.74) is 6.29. The number of benzene rings is 1. The maximum Gasteiger partial charge on any atom is 0.0323 e. The average molecular weight is 273 g/mol. The topological polar surface area (TPSA) is 12.0 Å². The molecule has 0 bridgehead atoms. The molecule has 1 aromatic rings. The lowest BCUT2D eigenvalue weighted by molar-refractivity contribution is 0.427. The molecule has 2 rings (SSSR count). The molecule has 0 fully saturated rings. The van der Waals surface area contributed by atoms with Crippen LogP contribution >= 0.6 is 0 Å². The Hall–Kier alpha value is -0.820. The summed E-state index contributed by atoms with van der Waals surface area (Å²) in [6.07, 6.45) is 3.84. The van der Waals surface area contributed by atoms with Crippen LogP contribution in [0.25, 0.3) is 0 Å². The summed E-state index contributed by atoms with van der Waals surface area (Å²) >= 11 is 0. The second-order valence-electron chi connectivity index (χ2n) is 7.21. The lowest BCUT2D eigenvalue weighted by atomic mass is 9.85. The van der Waals surface area contributed by atoms with Crippen molar-refractivity contribution in [3.05, 3.63) is 34.4 Å². The number of rotatable bonds is 3. The van der Waals surface area contributed by atoms with Crippen LogP contribution in [0.15, 0.2) is 12.1 Å². The Morgan fingerprint density at radius 3 is 2.35 bits per heavy atom. The molecule has 112 valence electrons. The predicted octanol–water partition coefficient (Wildman–Crippen LogP) is 5.17. The van der Waals surface area contributed by atoms with E-state index in [2.05, 4.69) is 59.1 Å². The van der Waals surface area contributed by atoms with Crippen LogP contribution in [0.2, 0.25) is 0 Å². The predicted molar refractivity (Wildman–Crippen MR) is 88.5 cm³/mol. The van der Waals surface area contributed by atoms with Crippen molar-refractivity contribution in [3.63, 3.8) is 0 Å². The average Bonchev–Trinajstić information content (AvgIpc) is 2.56. The standard InChI is InChI=1S/C19H31N/c1-12(2)15-10-17(13(3)4)16-8-7-14(5)9-19(20-6)18(16)11-15/h10-14,19-20H,7-9H2,1-6H3. The Kier molecular flexibility index (Phi) is 4.90. The number of hydrogen-bond acceptors (Lipinski definition) is 1. The highest BCUT2D eigenvalue weighted by molar-refractivity contribution is 5.44. The molecule has 0 aliphatic heterocycles. The summed E-state index contributed by atoms with van der Waals surface area (Å²) < 4.78 is 0. The zero-order valence-corrected chi connectivity index (χ0v) is 14.1. The second-order valence-corrected chi connectivity index (χ2v) is 7.21. The lowest BCUT2D eigenvalue weighted by Crippen LogP contribution is -2.19. The highest BCUT2D eigenvalue weighted by atomic mass is 14.9. The first-order valence-corrected chi connectivity index (χ1v) is 8.27. The molecule has 1 nitrogen and oxygen atoms in total. The highest BCUT2D eigenvalue weighted by Gasteiger charge is 2.25. The van der Waals surface area contributed by atoms with Crippen LogP contribution in [0, 0.1) is 5.92 Å². The van der Waals surface area contributed by atoms with Crippen LogP contribution in [0.4, 0.5) is 0 Å². The summed E-state index contributed by atoms with van der Waals surface area (Å²) in [5.74, 6) is 2.03. The molecule has 0 spiro atoms. The van der Waals surface area contributed by atoms with E-state index in [1.54, 1.807) is 16.7 Å². The van der Waals surface area contributed by atoms with Crippen molar-refractivity contribution in [3.8, 4) is 0 Å². The fourth-order valence-corrected chi connectivity index (χ4v) is 3.50. The van der Waals surface area contributed by atoms with Gasteiger partial charge in [-0.1, -0.05) is 46.8 Å². The Balaban J connectivity index is 2.59. The molecule has 0 amide bonds. The largest absolute Gasteiger partial charge is 0.313 e. The van der Waals surface area contributed by atoms with Crippen LogP contribution in [0.1, 0.15) is 87.6 Å². The van der Waals surface area contributed by atoms with Crippen molar-refractivity contribution in [2.75, 3.05) is 7.05 Å². The summed E-state index contributed by atoms with van der Waals surface area (Å²) in [4.78, 5) is 0. The number of fused-ring (bicyclic) bond motifs is 1. The van der Waals surface area contributed by atoms with Crippen LogP contribution in [-0.4, -0.2) is 7.05 Å². The molecule has 1 N–H and O–H groups in total. The Labute approximate surface area is 125 Å². The third kappa shape index (κ3) is 3.09. The van der Waals surface area contributed by atoms with Gasteiger partial charge >= 0.3 is 0 Å². The minimum absolute atomic E-state index is 0.527. The normalized spacial score (nSPS) is 23.0. The molecule has 1 aliphatic carbocycles. The summed E-state index contributed by atoms with van der Waals surface area (Å²) in [7, 11) is 2.11. The van der Waals surface area contributed by atoms with E-state index in [0.29, 0.717) is 17.9 Å². The van der Waals surface area contributed by atoms with E-state index in [-0.39, 0.29) is 0 Å². The zero-order valence-electron chi connectivity index (χ0n) is 14.1. The van der Waals surface area contributed by atoms with Crippen molar-refractivity contribution in [2.24, 2.45) is 5.92 Å². The first kappa shape index (κ1) is 15.6. The summed E-state index contributed by atoms with van der Waals surface area (Å²) in [5, 5.41) is 3.56. The second kappa shape index (κ2) is 6.30. The van der Waals surface area contributed by atoms with Crippen LogP contribution < -0.4 is 5.32 Å². The van der Waals surface area contributed by atoms with Crippen molar-refractivity contribution in [1.29, 1.82) is 0 Å². The van der Waals surface area contributed by atoms with E-state index >= 15 is 0 Å². The van der Waals surface area contributed by atoms with Crippen LogP contribution in [0.5, 0.6) is 0 Å². The fourth-order valence-electron chi connectivity index (χ4n) is 3.50. The van der Waals surface area contributed by atoms with Gasteiger partial charge in [0.25, 0.3) is 0 Å². The minimum atomic E-state index is 0.527. The molecule has 2 unspecified atom stereocenters. The third-order valence-corrected chi connectivity index (χ3v) is 4.88. The van der Waals surface area contributed by atoms with Crippen molar-refractivity contribution < 1.29 is 0 Å². The Bertz CT molecular complexity index is 459. The fraction of sp³-hybridized carbons (Fsp3) is 0.684. The molecule has 0 aromatic heterocycles. The van der Waals surface area contributed by atoms with Crippen LogP contribution in [-0.2, 0) is 6.42 Å². The Morgan fingerprint density at radius 2 is 1.80 bits per heavy atom. The van der Waals surface area contributed by atoms with Gasteiger partial charge in [0.1, 0.15) is 0 Å². The number of hydrogen-bond donors (Lipinski definition) is 1. The van der Waals surface area contributed by atoms with E-state index in [4.69, 9.17) is 0 Å². The Morgan fingerprint density at radius 1 is 1.10 bits per heavy atom. The quantitative estimate of drug-likeness (QED) is 0.749. The first-order chi connectivity index (χ1) is 9.43. The van der Waals surface area contributed by atoms with Crippen molar-refractivity contribution >= 4 is 0 Å². The molecule has 20 heavy (non-hydrogen) atoms. The summed E-state index contributed by atoms with van der Waals surface area (Å²) in [6.45, 7) is 11.7. The highest BCUT2D eigenvalue weighted by Crippen LogP contribution is 2.37. The summed E-state index contributed by atoms with van der Waals surface area (Å²) in [6, 6.07) is 5.47. The van der Waals surface area contributed by atoms with Gasteiger partial charge in [0.15, 0.2) is 0 Å². The van der Waals surface area contributed by atoms with Gasteiger partial charge in [-0.25, -0.2) is 0 Å². The minimum Gasteiger partial charge on any atom is -0.313 e. The van der Waals surface area contributed by atoms with Gasteiger partial charge in [-0.2, -0.15) is 0 Å². The molecule has 0 saturated carbocycles. The molecule has 0 saturated heterocycles. The maximum absolute atomic E-state index is 3.56. The van der Waals surface area contributed by atoms with Crippen molar-refractivity contribution in [1.82, 2.24) is 5.32 Å². The molecule has 0 heterocycles. The van der Waals surface area contributed by atoms with Crippen molar-refractivity contribution in [2.45, 2.75) is 71.8 Å². The third-order valence-electron chi connectivity index (χ3n) is 4.88. The van der Waals surface area contributed by atoms with Gasteiger partial charge in [-0.3, -0.25) is 0 Å². The lowest BCUT2D eigenvalue weighted by Gasteiger charge is -2.24. The van der Waals surface area contributed by atoms with E-state index in [0.717, 1.165) is 5.92 Å². The van der Waals surface area contributed by atoms with E-state index in [1.165, 1.54) is 24.8 Å². The molecule has 1 heteroatoms. The van der Waals surface area contributed by atoms with E-state index in [9.17, 15) is 0 Å². The van der Waals surface area contributed by atoms with Gasteiger partial charge in [-0.15, -0.1) is 0 Å². The van der Waals surface area contributed by atoms with Gasteiger partial charge in [0.2, 0.25) is 0 Å². The van der Waals surface area contributed by atoms with E-state index in [1.807, 2.05) is 0 Å². The smallest absolute Gasteiger partial charge is 0.0323 e. The molecule has 2 atom stereocenters. The van der Waals surface area contributed by atoms with Crippen LogP contribution in [0.3, 0.4) is 0 Å². The van der Waals surface area contributed by atoms with Gasteiger partial charge in [-0.05, 0) is 66.3 Å². The first-order valence-electron chi connectivity index (χ1n) is 8.27. The SMILES string of the molecule is CNC1CC(C)CCc2c(C(C)C)cc(C(C)C)cc21. The molecular weight excluding hydrogens is 242 g/mol. The van der Waals surface area contributed by atoms with Gasteiger partial charge in [0, 0.05) is 6.04 Å². The zero-order chi connectivity index (χ0) is 14.9. The maximum atomic E-state index is 3.56. The number of nitrogens with one attached hydrogen (secondary N) is 1.